The first-order valence-electron chi connectivity index (χ1n) is 5.15. The van der Waals surface area contributed by atoms with Crippen molar-refractivity contribution in [1.29, 1.82) is 5.26 Å². The minimum Gasteiger partial charge on any atom is -0.385 e. The van der Waals surface area contributed by atoms with E-state index in [4.69, 9.17) is 21.6 Å². The smallest absolute Gasteiger partial charge is 0.121 e. The Labute approximate surface area is 101 Å². The van der Waals surface area contributed by atoms with Crippen molar-refractivity contribution in [3.05, 3.63) is 34.9 Å². The maximum Gasteiger partial charge on any atom is 0.121 e. The molecule has 0 aliphatic rings. The number of halogens is 1. The van der Waals surface area contributed by atoms with Gasteiger partial charge in [0.15, 0.2) is 0 Å². The number of ether oxygens (including phenoxy) is 1. The Bertz CT molecular complexity index is 345. The number of nitrogens with one attached hydrogen (secondary N) is 1. The summed E-state index contributed by atoms with van der Waals surface area (Å²) < 4.78 is 4.94. The summed E-state index contributed by atoms with van der Waals surface area (Å²) in [7, 11) is 1.67. The van der Waals surface area contributed by atoms with Crippen molar-refractivity contribution >= 4 is 11.6 Å². The average Bonchev–Trinajstić information content (AvgIpc) is 2.31. The summed E-state index contributed by atoms with van der Waals surface area (Å²) in [5, 5.41) is 12.9. The van der Waals surface area contributed by atoms with Gasteiger partial charge in [0.1, 0.15) is 6.04 Å². The lowest BCUT2D eigenvalue weighted by atomic mass is 10.1. The van der Waals surface area contributed by atoms with Crippen LogP contribution in [0.4, 0.5) is 0 Å². The topological polar surface area (TPSA) is 45.0 Å². The molecule has 1 unspecified atom stereocenters. The van der Waals surface area contributed by atoms with E-state index in [0.29, 0.717) is 11.6 Å². The summed E-state index contributed by atoms with van der Waals surface area (Å²) in [4.78, 5) is 0. The highest BCUT2D eigenvalue weighted by Gasteiger charge is 2.08. The molecular formula is C12H15ClN2O. The van der Waals surface area contributed by atoms with Crippen molar-refractivity contribution < 1.29 is 4.74 Å². The third-order valence-electron chi connectivity index (χ3n) is 2.21. The van der Waals surface area contributed by atoms with E-state index in [1.807, 2.05) is 12.1 Å². The molecule has 0 fully saturated rings. The molecule has 16 heavy (non-hydrogen) atoms. The van der Waals surface area contributed by atoms with Gasteiger partial charge in [-0.2, -0.15) is 5.26 Å². The Morgan fingerprint density at radius 1 is 1.44 bits per heavy atom. The fourth-order valence-electron chi connectivity index (χ4n) is 1.36. The van der Waals surface area contributed by atoms with E-state index >= 15 is 0 Å². The number of nitrogens with zero attached hydrogens (tertiary/aromatic N) is 1. The second-order valence-corrected chi connectivity index (χ2v) is 3.85. The molecule has 0 bridgehead atoms. The van der Waals surface area contributed by atoms with Gasteiger partial charge < -0.3 is 4.74 Å². The molecule has 0 aliphatic heterocycles. The predicted molar refractivity (Wildman–Crippen MR) is 64.3 cm³/mol. The van der Waals surface area contributed by atoms with Crippen LogP contribution in [0.5, 0.6) is 0 Å². The molecule has 3 nitrogen and oxygen atoms in total. The second kappa shape index (κ2) is 7.24. The van der Waals surface area contributed by atoms with Gasteiger partial charge in [-0.25, -0.2) is 0 Å². The quantitative estimate of drug-likeness (QED) is 0.775. The van der Waals surface area contributed by atoms with Crippen LogP contribution in [0.15, 0.2) is 24.3 Å². The molecule has 0 heterocycles. The van der Waals surface area contributed by atoms with Crippen molar-refractivity contribution in [2.45, 2.75) is 12.5 Å². The highest BCUT2D eigenvalue weighted by Crippen LogP contribution is 2.15. The van der Waals surface area contributed by atoms with Crippen LogP contribution in [0.1, 0.15) is 18.0 Å². The Morgan fingerprint density at radius 3 is 2.69 bits per heavy atom. The molecule has 1 N–H and O–H groups in total. The maximum atomic E-state index is 9.03. The van der Waals surface area contributed by atoms with Gasteiger partial charge in [-0.3, -0.25) is 5.32 Å². The first kappa shape index (κ1) is 13.0. The zero-order valence-corrected chi connectivity index (χ0v) is 10.00. The Kier molecular flexibility index (Phi) is 5.87. The van der Waals surface area contributed by atoms with Crippen LogP contribution < -0.4 is 5.32 Å². The molecule has 0 spiro atoms. The van der Waals surface area contributed by atoms with Crippen molar-refractivity contribution in [1.82, 2.24) is 5.32 Å². The molecule has 0 saturated carbocycles. The molecule has 0 aromatic heterocycles. The molecule has 1 rings (SSSR count). The van der Waals surface area contributed by atoms with Gasteiger partial charge >= 0.3 is 0 Å². The maximum absolute atomic E-state index is 9.03. The zero-order valence-electron chi connectivity index (χ0n) is 9.24. The average molecular weight is 239 g/mol. The van der Waals surface area contributed by atoms with Gasteiger partial charge in [-0.1, -0.05) is 23.7 Å². The zero-order chi connectivity index (χ0) is 11.8. The minimum absolute atomic E-state index is 0.283. The molecule has 86 valence electrons. The number of hydrogen-bond donors (Lipinski definition) is 1. The van der Waals surface area contributed by atoms with Gasteiger partial charge in [0.25, 0.3) is 0 Å². The molecule has 0 aliphatic carbocycles. The van der Waals surface area contributed by atoms with E-state index < -0.39 is 0 Å². The summed E-state index contributed by atoms with van der Waals surface area (Å²) in [6.07, 6.45) is 0.891. The first-order valence-corrected chi connectivity index (χ1v) is 5.53. The molecule has 0 saturated heterocycles. The van der Waals surface area contributed by atoms with Gasteiger partial charge in [0.05, 0.1) is 6.07 Å². The van der Waals surface area contributed by atoms with Crippen molar-refractivity contribution in [3.8, 4) is 6.07 Å². The standard InChI is InChI=1S/C12H15ClN2O/c1-16-8-2-7-15-12(9-14)10-3-5-11(13)6-4-10/h3-6,12,15H,2,7-8H2,1H3. The summed E-state index contributed by atoms with van der Waals surface area (Å²) in [6, 6.07) is 9.24. The van der Waals surface area contributed by atoms with Crippen LogP contribution in [-0.2, 0) is 4.74 Å². The van der Waals surface area contributed by atoms with Crippen molar-refractivity contribution in [2.24, 2.45) is 0 Å². The number of hydrogen-bond acceptors (Lipinski definition) is 3. The fourth-order valence-corrected chi connectivity index (χ4v) is 1.48. The molecule has 1 aromatic rings. The fraction of sp³-hybridized carbons (Fsp3) is 0.417. The largest absolute Gasteiger partial charge is 0.385 e. The van der Waals surface area contributed by atoms with Gasteiger partial charge in [0.2, 0.25) is 0 Å². The Balaban J connectivity index is 2.48. The van der Waals surface area contributed by atoms with Crippen molar-refractivity contribution in [3.63, 3.8) is 0 Å². The number of methoxy groups -OCH3 is 1. The molecule has 1 aromatic carbocycles. The normalized spacial score (nSPS) is 12.1. The number of rotatable bonds is 6. The lowest BCUT2D eigenvalue weighted by Crippen LogP contribution is -2.21. The van der Waals surface area contributed by atoms with E-state index in [-0.39, 0.29) is 6.04 Å². The third kappa shape index (κ3) is 4.19. The third-order valence-corrected chi connectivity index (χ3v) is 2.46. The van der Waals surface area contributed by atoms with Crippen LogP contribution in [0, 0.1) is 11.3 Å². The SMILES string of the molecule is COCCCNC(C#N)c1ccc(Cl)cc1. The number of benzene rings is 1. The lowest BCUT2D eigenvalue weighted by Gasteiger charge is -2.11. The lowest BCUT2D eigenvalue weighted by molar-refractivity contribution is 0.194. The monoisotopic (exact) mass is 238 g/mol. The summed E-state index contributed by atoms with van der Waals surface area (Å²) >= 11 is 5.79. The summed E-state index contributed by atoms with van der Waals surface area (Å²) in [5.41, 5.74) is 0.935. The van der Waals surface area contributed by atoms with Crippen LogP contribution in [-0.4, -0.2) is 20.3 Å². The Hall–Kier alpha value is -1.08. The predicted octanol–water partition coefficient (Wildman–Crippen LogP) is 2.53. The highest BCUT2D eigenvalue weighted by atomic mass is 35.5. The van der Waals surface area contributed by atoms with E-state index in [0.717, 1.165) is 18.5 Å². The summed E-state index contributed by atoms with van der Waals surface area (Å²) in [6.45, 7) is 1.46. The van der Waals surface area contributed by atoms with Gasteiger partial charge in [-0.05, 0) is 30.7 Å². The van der Waals surface area contributed by atoms with Crippen LogP contribution in [0.2, 0.25) is 5.02 Å². The van der Waals surface area contributed by atoms with E-state index in [1.54, 1.807) is 19.2 Å². The molecule has 0 amide bonds. The second-order valence-electron chi connectivity index (χ2n) is 3.41. The van der Waals surface area contributed by atoms with Crippen molar-refractivity contribution in [2.75, 3.05) is 20.3 Å². The number of nitriles is 1. The molecule has 0 radical (unpaired) electrons. The molecule has 4 heteroatoms. The highest BCUT2D eigenvalue weighted by molar-refractivity contribution is 6.30. The van der Waals surface area contributed by atoms with E-state index in [1.165, 1.54) is 0 Å². The van der Waals surface area contributed by atoms with Gasteiger partial charge in [-0.15, -0.1) is 0 Å². The Morgan fingerprint density at radius 2 is 2.12 bits per heavy atom. The first-order chi connectivity index (χ1) is 7.77. The van der Waals surface area contributed by atoms with Crippen LogP contribution >= 0.6 is 11.6 Å². The molecule has 1 atom stereocenters. The van der Waals surface area contributed by atoms with E-state index in [2.05, 4.69) is 11.4 Å². The van der Waals surface area contributed by atoms with Crippen LogP contribution in [0.3, 0.4) is 0 Å². The van der Waals surface area contributed by atoms with Crippen LogP contribution in [0.25, 0.3) is 0 Å². The molecular weight excluding hydrogens is 224 g/mol. The minimum atomic E-state index is -0.283. The van der Waals surface area contributed by atoms with E-state index in [9.17, 15) is 0 Å². The summed E-state index contributed by atoms with van der Waals surface area (Å²) in [5.74, 6) is 0. The van der Waals surface area contributed by atoms with Gasteiger partial charge in [0, 0.05) is 18.7 Å².